The van der Waals surface area contributed by atoms with E-state index in [4.69, 9.17) is 9.47 Å². The number of benzene rings is 2. The molecule has 1 aromatic heterocycles. The number of aromatic nitrogens is 1. The lowest BCUT2D eigenvalue weighted by molar-refractivity contribution is 0.176. The number of anilines is 1. The molecule has 144 valence electrons. The number of hydrogen-bond donors (Lipinski definition) is 1. The monoisotopic (exact) mass is 396 g/mol. The fourth-order valence-electron chi connectivity index (χ4n) is 3.17. The Morgan fingerprint density at radius 1 is 1.07 bits per heavy atom. The molecule has 1 N–H and O–H groups in total. The lowest BCUT2D eigenvalue weighted by Crippen LogP contribution is -2.15. The fraction of sp³-hybridized carbons (Fsp3) is 0.190. The van der Waals surface area contributed by atoms with E-state index in [1.165, 1.54) is 5.56 Å². The quantitative estimate of drug-likeness (QED) is 0.695. The van der Waals surface area contributed by atoms with Crippen molar-refractivity contribution in [3.63, 3.8) is 0 Å². The van der Waals surface area contributed by atoms with Crippen LogP contribution >= 0.6 is 0 Å². The molecule has 6 nitrogen and oxygen atoms in total. The number of nitrogens with one attached hydrogen (secondary N) is 1. The minimum atomic E-state index is -3.39. The lowest BCUT2D eigenvalue weighted by Gasteiger charge is -2.26. The predicted octanol–water partition coefficient (Wildman–Crippen LogP) is 4.31. The van der Waals surface area contributed by atoms with Gasteiger partial charge < -0.3 is 9.47 Å². The average Bonchev–Trinajstić information content (AvgIpc) is 2.67. The van der Waals surface area contributed by atoms with E-state index in [0.29, 0.717) is 11.6 Å². The van der Waals surface area contributed by atoms with E-state index in [9.17, 15) is 8.42 Å². The molecule has 0 bridgehead atoms. The number of aryl methyl sites for hydroxylation is 1. The fourth-order valence-corrected chi connectivity index (χ4v) is 3.66. The van der Waals surface area contributed by atoms with Gasteiger partial charge in [0.2, 0.25) is 15.9 Å². The van der Waals surface area contributed by atoms with Gasteiger partial charge in [-0.2, -0.15) is 4.98 Å². The number of rotatable bonds is 5. The third kappa shape index (κ3) is 4.43. The lowest BCUT2D eigenvalue weighted by atomic mass is 9.97. The van der Waals surface area contributed by atoms with E-state index in [-0.39, 0.29) is 11.9 Å². The Labute approximate surface area is 164 Å². The van der Waals surface area contributed by atoms with Gasteiger partial charge in [0.15, 0.2) is 0 Å². The van der Waals surface area contributed by atoms with Gasteiger partial charge in [-0.05, 0) is 48.2 Å². The van der Waals surface area contributed by atoms with Crippen LogP contribution in [0.5, 0.6) is 17.4 Å². The molecule has 1 aliphatic rings. The van der Waals surface area contributed by atoms with Crippen molar-refractivity contribution >= 4 is 15.8 Å². The zero-order chi connectivity index (χ0) is 19.6. The van der Waals surface area contributed by atoms with Crippen LogP contribution in [0.1, 0.15) is 23.7 Å². The molecule has 0 fully saturated rings. The number of nitrogens with zero attached hydrogens (tertiary/aromatic N) is 1. The molecule has 1 unspecified atom stereocenters. The molecule has 0 saturated carbocycles. The zero-order valence-electron chi connectivity index (χ0n) is 15.3. The molecule has 1 aliphatic heterocycles. The van der Waals surface area contributed by atoms with Crippen molar-refractivity contribution in [1.82, 2.24) is 4.98 Å². The van der Waals surface area contributed by atoms with Gasteiger partial charge in [-0.25, -0.2) is 8.42 Å². The second kappa shape index (κ2) is 7.52. The summed E-state index contributed by atoms with van der Waals surface area (Å²) in [5.41, 5.74) is 2.25. The normalized spacial score (nSPS) is 16.0. The Bertz CT molecular complexity index is 1080. The summed E-state index contributed by atoms with van der Waals surface area (Å²) in [6, 6.07) is 20.8. The van der Waals surface area contributed by atoms with Crippen molar-refractivity contribution in [3.8, 4) is 17.4 Å². The van der Waals surface area contributed by atoms with Crippen LogP contribution in [0, 0.1) is 0 Å². The Balaban J connectivity index is 1.49. The van der Waals surface area contributed by atoms with Crippen molar-refractivity contribution in [1.29, 1.82) is 0 Å². The Morgan fingerprint density at radius 2 is 1.89 bits per heavy atom. The van der Waals surface area contributed by atoms with Crippen molar-refractivity contribution in [3.05, 3.63) is 77.9 Å². The third-order valence-corrected chi connectivity index (χ3v) is 4.96. The topological polar surface area (TPSA) is 77.5 Å². The van der Waals surface area contributed by atoms with Crippen LogP contribution in [0.2, 0.25) is 0 Å². The van der Waals surface area contributed by atoms with Crippen LogP contribution in [-0.2, 0) is 16.4 Å². The molecule has 7 heteroatoms. The van der Waals surface area contributed by atoms with Gasteiger partial charge in [-0.15, -0.1) is 0 Å². The first-order valence-corrected chi connectivity index (χ1v) is 10.8. The summed E-state index contributed by atoms with van der Waals surface area (Å²) in [5, 5.41) is 0. The number of hydrogen-bond acceptors (Lipinski definition) is 5. The molecule has 0 radical (unpaired) electrons. The molecule has 0 saturated heterocycles. The number of ether oxygens (including phenoxy) is 2. The molecule has 0 aliphatic carbocycles. The molecule has 3 aromatic rings. The van der Waals surface area contributed by atoms with E-state index in [0.717, 1.165) is 30.4 Å². The number of pyridine rings is 1. The van der Waals surface area contributed by atoms with E-state index < -0.39 is 10.0 Å². The van der Waals surface area contributed by atoms with Crippen LogP contribution in [0.15, 0.2) is 66.7 Å². The Kier molecular flexibility index (Phi) is 4.92. The summed E-state index contributed by atoms with van der Waals surface area (Å²) in [5.74, 6) is 2.01. The van der Waals surface area contributed by atoms with E-state index in [2.05, 4.69) is 21.8 Å². The first-order valence-electron chi connectivity index (χ1n) is 8.93. The second-order valence-electron chi connectivity index (χ2n) is 6.66. The highest BCUT2D eigenvalue weighted by molar-refractivity contribution is 7.92. The Hall–Kier alpha value is -3.06. The first kappa shape index (κ1) is 18.3. The van der Waals surface area contributed by atoms with E-state index in [1.54, 1.807) is 18.2 Å². The van der Waals surface area contributed by atoms with Crippen LogP contribution in [0.25, 0.3) is 0 Å². The maximum Gasteiger partial charge on any atom is 0.230 e. The molecule has 0 spiro atoms. The maximum absolute atomic E-state index is 11.4. The highest BCUT2D eigenvalue weighted by atomic mass is 32.2. The van der Waals surface area contributed by atoms with E-state index in [1.807, 2.05) is 36.4 Å². The van der Waals surface area contributed by atoms with Crippen LogP contribution in [0.4, 0.5) is 5.82 Å². The summed E-state index contributed by atoms with van der Waals surface area (Å²) < 4.78 is 37.0. The summed E-state index contributed by atoms with van der Waals surface area (Å²) in [6.45, 7) is 0. The minimum absolute atomic E-state index is 0.0564. The van der Waals surface area contributed by atoms with Crippen molar-refractivity contribution < 1.29 is 17.9 Å². The largest absolute Gasteiger partial charge is 0.485 e. The van der Waals surface area contributed by atoms with Gasteiger partial charge in [0.05, 0.1) is 6.26 Å². The summed E-state index contributed by atoms with van der Waals surface area (Å²) in [4.78, 5) is 4.17. The van der Waals surface area contributed by atoms with Crippen molar-refractivity contribution in [2.45, 2.75) is 18.9 Å². The highest BCUT2D eigenvalue weighted by Gasteiger charge is 2.21. The second-order valence-corrected chi connectivity index (χ2v) is 8.41. The Morgan fingerprint density at radius 3 is 2.68 bits per heavy atom. The van der Waals surface area contributed by atoms with Gasteiger partial charge >= 0.3 is 0 Å². The van der Waals surface area contributed by atoms with E-state index >= 15 is 0 Å². The first-order chi connectivity index (χ1) is 13.5. The van der Waals surface area contributed by atoms with Gasteiger partial charge in [-0.3, -0.25) is 4.72 Å². The van der Waals surface area contributed by atoms with Gasteiger partial charge in [0.25, 0.3) is 0 Å². The van der Waals surface area contributed by atoms with Gasteiger partial charge in [0.1, 0.15) is 23.4 Å². The molecule has 28 heavy (non-hydrogen) atoms. The number of fused-ring (bicyclic) bond motifs is 1. The third-order valence-electron chi connectivity index (χ3n) is 4.38. The predicted molar refractivity (Wildman–Crippen MR) is 107 cm³/mol. The summed E-state index contributed by atoms with van der Waals surface area (Å²) in [7, 11) is -3.39. The summed E-state index contributed by atoms with van der Waals surface area (Å²) >= 11 is 0. The molecule has 4 rings (SSSR count). The van der Waals surface area contributed by atoms with Crippen LogP contribution in [0.3, 0.4) is 0 Å². The molecule has 2 aromatic carbocycles. The molecule has 1 atom stereocenters. The molecular weight excluding hydrogens is 376 g/mol. The van der Waals surface area contributed by atoms with Crippen LogP contribution < -0.4 is 14.2 Å². The van der Waals surface area contributed by atoms with Crippen molar-refractivity contribution in [2.24, 2.45) is 0 Å². The zero-order valence-corrected chi connectivity index (χ0v) is 16.1. The minimum Gasteiger partial charge on any atom is -0.485 e. The van der Waals surface area contributed by atoms with Gasteiger partial charge in [0, 0.05) is 6.07 Å². The van der Waals surface area contributed by atoms with Crippen LogP contribution in [-0.4, -0.2) is 19.7 Å². The standard InChI is InChI=1S/C21H20N2O4S/c1-28(24,25)23-20-8-5-9-21(22-20)26-17-11-13-19-16(14-17)10-12-18(27-19)15-6-3-2-4-7-15/h2-9,11,13-14,18H,10,12H2,1H3,(H,22,23). The maximum atomic E-state index is 11.4. The van der Waals surface area contributed by atoms with Gasteiger partial charge in [-0.1, -0.05) is 36.4 Å². The molecule has 0 amide bonds. The molecule has 2 heterocycles. The SMILES string of the molecule is CS(=O)(=O)Nc1cccc(Oc2ccc3c(c2)CCC(c2ccccc2)O3)n1. The summed E-state index contributed by atoms with van der Waals surface area (Å²) in [6.07, 6.45) is 2.91. The highest BCUT2D eigenvalue weighted by Crippen LogP contribution is 2.37. The average molecular weight is 396 g/mol. The van der Waals surface area contributed by atoms with Crippen molar-refractivity contribution in [2.75, 3.05) is 11.0 Å². The number of sulfonamides is 1. The molecular formula is C21H20N2O4S. The smallest absolute Gasteiger partial charge is 0.230 e.